The average molecular weight is 541 g/mol. The molecule has 2 N–H and O–H groups in total. The smallest absolute Gasteiger partial charge is 0.406 e. The predicted octanol–water partition coefficient (Wildman–Crippen LogP) is 6.38. The molecule has 0 aliphatic carbocycles. The van der Waals surface area contributed by atoms with Gasteiger partial charge in [-0.1, -0.05) is 18.2 Å². The van der Waals surface area contributed by atoms with Crippen LogP contribution in [0.1, 0.15) is 56.0 Å². The first kappa shape index (κ1) is 27.5. The fourth-order valence-electron chi connectivity index (χ4n) is 4.41. The Kier molecular flexibility index (Phi) is 7.21. The molecule has 38 heavy (non-hydrogen) atoms. The summed E-state index contributed by atoms with van der Waals surface area (Å²) < 4.78 is 83.6. The standard InChI is InChI=1S/C26H26F6N4O2/c1-24(2,3)36-11-10-20(35-36)19-14-21(34-22(19)15-6-4-7-16(12-15)25(27,28)29)23(37)33-17-8-5-9-18(13-17)38-26(30,31)32/h4-13,19,21-22,34H,14H2,1-3H3,(H,33,37)/t19?,21-,22-/m0/s1. The SMILES string of the molecule is CC(C)(C)n1ccc(C2C[C@@H](C(=O)Nc3cccc(OC(F)(F)F)c3)N[C@H]2c2cccc(C(F)(F)F)c2)n1. The van der Waals surface area contributed by atoms with Gasteiger partial charge < -0.3 is 10.1 Å². The van der Waals surface area contributed by atoms with Crippen molar-refractivity contribution in [2.24, 2.45) is 0 Å². The van der Waals surface area contributed by atoms with Crippen LogP contribution < -0.4 is 15.4 Å². The van der Waals surface area contributed by atoms with Crippen molar-refractivity contribution in [3.8, 4) is 5.75 Å². The summed E-state index contributed by atoms with van der Waals surface area (Å²) >= 11 is 0. The van der Waals surface area contributed by atoms with Crippen molar-refractivity contribution in [2.75, 3.05) is 5.32 Å². The Morgan fingerprint density at radius 1 is 1.03 bits per heavy atom. The van der Waals surface area contributed by atoms with Crippen molar-refractivity contribution >= 4 is 11.6 Å². The molecule has 4 rings (SSSR count). The zero-order chi connectivity index (χ0) is 27.9. The summed E-state index contributed by atoms with van der Waals surface area (Å²) in [6.45, 7) is 5.86. The van der Waals surface area contributed by atoms with Crippen molar-refractivity contribution in [1.29, 1.82) is 0 Å². The maximum atomic E-state index is 13.4. The second kappa shape index (κ2) is 9.97. The van der Waals surface area contributed by atoms with Crippen LogP contribution in [0.25, 0.3) is 0 Å². The Balaban J connectivity index is 1.61. The number of nitrogens with one attached hydrogen (secondary N) is 2. The van der Waals surface area contributed by atoms with Gasteiger partial charge >= 0.3 is 12.5 Å². The molecule has 12 heteroatoms. The number of ether oxygens (including phenoxy) is 1. The Morgan fingerprint density at radius 2 is 1.74 bits per heavy atom. The highest BCUT2D eigenvalue weighted by Crippen LogP contribution is 2.42. The van der Waals surface area contributed by atoms with Crippen LogP contribution in [0.2, 0.25) is 0 Å². The number of rotatable bonds is 5. The number of carbonyl (C=O) groups excluding carboxylic acids is 1. The molecule has 3 aromatic rings. The van der Waals surface area contributed by atoms with Gasteiger partial charge in [-0.3, -0.25) is 14.8 Å². The number of hydrogen-bond acceptors (Lipinski definition) is 4. The summed E-state index contributed by atoms with van der Waals surface area (Å²) in [5.41, 5.74) is -0.132. The molecule has 1 saturated heterocycles. The van der Waals surface area contributed by atoms with E-state index in [0.717, 1.165) is 24.3 Å². The van der Waals surface area contributed by atoms with Crippen LogP contribution in [0.3, 0.4) is 0 Å². The topological polar surface area (TPSA) is 68.2 Å². The number of amides is 1. The molecule has 1 unspecified atom stereocenters. The number of halogens is 6. The van der Waals surface area contributed by atoms with E-state index in [2.05, 4.69) is 20.5 Å². The molecule has 3 atom stereocenters. The lowest BCUT2D eigenvalue weighted by molar-refractivity contribution is -0.274. The lowest BCUT2D eigenvalue weighted by Gasteiger charge is -2.21. The summed E-state index contributed by atoms with van der Waals surface area (Å²) in [5.74, 6) is -1.50. The summed E-state index contributed by atoms with van der Waals surface area (Å²) in [6, 6.07) is 9.97. The van der Waals surface area contributed by atoms with E-state index in [-0.39, 0.29) is 17.6 Å². The van der Waals surface area contributed by atoms with E-state index in [1.807, 2.05) is 20.8 Å². The van der Waals surface area contributed by atoms with Crippen LogP contribution in [0.4, 0.5) is 32.0 Å². The first-order valence-corrected chi connectivity index (χ1v) is 11.8. The molecule has 1 amide bonds. The first-order valence-electron chi connectivity index (χ1n) is 11.8. The predicted molar refractivity (Wildman–Crippen MR) is 127 cm³/mol. The molecule has 0 saturated carbocycles. The van der Waals surface area contributed by atoms with Crippen LogP contribution in [0.15, 0.2) is 60.8 Å². The lowest BCUT2D eigenvalue weighted by atomic mass is 9.90. The molecule has 0 spiro atoms. The van der Waals surface area contributed by atoms with E-state index in [9.17, 15) is 31.1 Å². The highest BCUT2D eigenvalue weighted by Gasteiger charge is 2.41. The molecule has 2 aromatic carbocycles. The van der Waals surface area contributed by atoms with Gasteiger partial charge in [0.15, 0.2) is 0 Å². The van der Waals surface area contributed by atoms with Crippen LogP contribution >= 0.6 is 0 Å². The molecular formula is C26H26F6N4O2. The highest BCUT2D eigenvalue weighted by atomic mass is 19.4. The van der Waals surface area contributed by atoms with Gasteiger partial charge in [-0.05, 0) is 63.1 Å². The van der Waals surface area contributed by atoms with E-state index in [1.54, 1.807) is 23.0 Å². The lowest BCUT2D eigenvalue weighted by Crippen LogP contribution is -2.36. The monoisotopic (exact) mass is 540 g/mol. The van der Waals surface area contributed by atoms with E-state index >= 15 is 0 Å². The second-order valence-electron chi connectivity index (χ2n) is 10.1. The molecule has 6 nitrogen and oxygen atoms in total. The molecular weight excluding hydrogens is 514 g/mol. The summed E-state index contributed by atoms with van der Waals surface area (Å²) in [5, 5.41) is 10.3. The minimum Gasteiger partial charge on any atom is -0.406 e. The van der Waals surface area contributed by atoms with Crippen molar-refractivity contribution in [3.63, 3.8) is 0 Å². The molecule has 0 bridgehead atoms. The van der Waals surface area contributed by atoms with E-state index in [0.29, 0.717) is 11.3 Å². The van der Waals surface area contributed by atoms with Crippen molar-refractivity contribution in [1.82, 2.24) is 15.1 Å². The van der Waals surface area contributed by atoms with Crippen LogP contribution in [-0.4, -0.2) is 28.1 Å². The average Bonchev–Trinajstić information content (AvgIpc) is 3.45. The minimum atomic E-state index is -4.89. The third-order valence-corrected chi connectivity index (χ3v) is 6.17. The van der Waals surface area contributed by atoms with Crippen molar-refractivity contribution < 1.29 is 35.9 Å². The van der Waals surface area contributed by atoms with E-state index in [1.165, 1.54) is 18.2 Å². The summed E-state index contributed by atoms with van der Waals surface area (Å²) in [4.78, 5) is 13.1. The third kappa shape index (κ3) is 6.47. The first-order chi connectivity index (χ1) is 17.6. The number of anilines is 1. The number of hydrogen-bond donors (Lipinski definition) is 2. The molecule has 0 radical (unpaired) electrons. The minimum absolute atomic E-state index is 0.0784. The fraction of sp³-hybridized carbons (Fsp3) is 0.385. The Morgan fingerprint density at radius 3 is 2.37 bits per heavy atom. The maximum absolute atomic E-state index is 13.4. The van der Waals surface area contributed by atoms with Gasteiger partial charge in [0, 0.05) is 29.9 Å². The zero-order valence-corrected chi connectivity index (χ0v) is 20.7. The van der Waals surface area contributed by atoms with Gasteiger partial charge in [0.2, 0.25) is 5.91 Å². The van der Waals surface area contributed by atoms with Gasteiger partial charge in [-0.15, -0.1) is 13.2 Å². The van der Waals surface area contributed by atoms with Gasteiger partial charge in [-0.2, -0.15) is 18.3 Å². The molecule has 1 aliphatic heterocycles. The molecule has 1 fully saturated rings. The van der Waals surface area contributed by atoms with Crippen molar-refractivity contribution in [2.45, 2.75) is 63.3 Å². The van der Waals surface area contributed by atoms with Crippen LogP contribution in [-0.2, 0) is 16.5 Å². The Bertz CT molecular complexity index is 1300. The van der Waals surface area contributed by atoms with Crippen molar-refractivity contribution in [3.05, 3.63) is 77.6 Å². The van der Waals surface area contributed by atoms with Gasteiger partial charge in [-0.25, -0.2) is 0 Å². The normalized spacial score (nSPS) is 20.4. The van der Waals surface area contributed by atoms with Crippen LogP contribution in [0, 0.1) is 0 Å². The van der Waals surface area contributed by atoms with E-state index < -0.39 is 47.8 Å². The summed E-state index contributed by atoms with van der Waals surface area (Å²) in [6.07, 6.45) is -7.46. The Labute approximate surface area is 215 Å². The fourth-order valence-corrected chi connectivity index (χ4v) is 4.41. The molecule has 1 aromatic heterocycles. The van der Waals surface area contributed by atoms with Crippen LogP contribution in [0.5, 0.6) is 5.75 Å². The molecule has 204 valence electrons. The van der Waals surface area contributed by atoms with Gasteiger partial charge in [0.1, 0.15) is 5.75 Å². The van der Waals surface area contributed by atoms with Gasteiger partial charge in [0.05, 0.1) is 22.8 Å². The number of benzene rings is 2. The highest BCUT2D eigenvalue weighted by molar-refractivity contribution is 5.95. The van der Waals surface area contributed by atoms with Gasteiger partial charge in [0.25, 0.3) is 0 Å². The maximum Gasteiger partial charge on any atom is 0.573 e. The number of carbonyl (C=O) groups is 1. The second-order valence-corrected chi connectivity index (χ2v) is 10.1. The third-order valence-electron chi connectivity index (χ3n) is 6.17. The molecule has 1 aliphatic rings. The zero-order valence-electron chi connectivity index (χ0n) is 20.7. The Hall–Kier alpha value is -3.54. The molecule has 2 heterocycles. The number of alkyl halides is 6. The van der Waals surface area contributed by atoms with E-state index in [4.69, 9.17) is 0 Å². The summed E-state index contributed by atoms with van der Waals surface area (Å²) in [7, 11) is 0. The number of aromatic nitrogens is 2. The number of nitrogens with zero attached hydrogens (tertiary/aromatic N) is 2. The largest absolute Gasteiger partial charge is 0.573 e. The quantitative estimate of drug-likeness (QED) is 0.369.